The van der Waals surface area contributed by atoms with Crippen LogP contribution in [0.25, 0.3) is 0 Å². The van der Waals surface area contributed by atoms with Gasteiger partial charge in [-0.2, -0.15) is 4.31 Å². The Kier molecular flexibility index (Phi) is 5.66. The maximum absolute atomic E-state index is 12.2. The van der Waals surface area contributed by atoms with Crippen LogP contribution in [-0.4, -0.2) is 67.6 Å². The van der Waals surface area contributed by atoms with Gasteiger partial charge < -0.3 is 14.5 Å². The number of carbonyl (C=O) groups is 1. The molecule has 0 unspecified atom stereocenters. The first-order valence-electron chi connectivity index (χ1n) is 5.97. The molecule has 0 saturated heterocycles. The van der Waals surface area contributed by atoms with Crippen LogP contribution in [-0.2, 0) is 20.6 Å². The Bertz CT molecular complexity index is 552. The third-order valence-corrected chi connectivity index (χ3v) is 4.27. The number of hydrogen-bond acceptors (Lipinski definition) is 6. The van der Waals surface area contributed by atoms with Gasteiger partial charge in [-0.05, 0) is 21.0 Å². The SMILES string of the molecule is Cc1cc(CS(=O)(=O)N(CCN(C)C)CC(=O)O)no1. The van der Waals surface area contributed by atoms with Gasteiger partial charge in [0, 0.05) is 19.2 Å². The second-order valence-electron chi connectivity index (χ2n) is 4.72. The molecule has 1 N–H and O–H groups in total. The van der Waals surface area contributed by atoms with Gasteiger partial charge >= 0.3 is 5.97 Å². The van der Waals surface area contributed by atoms with Crippen LogP contribution in [0.3, 0.4) is 0 Å². The first kappa shape index (κ1) is 16.6. The zero-order valence-electron chi connectivity index (χ0n) is 11.7. The number of carboxylic acids is 1. The summed E-state index contributed by atoms with van der Waals surface area (Å²) in [5, 5.41) is 12.4. The normalized spacial score (nSPS) is 12.2. The quantitative estimate of drug-likeness (QED) is 0.707. The van der Waals surface area contributed by atoms with Crippen molar-refractivity contribution in [2.45, 2.75) is 12.7 Å². The molecule has 0 amide bonds. The van der Waals surface area contributed by atoms with Crippen molar-refractivity contribution in [1.82, 2.24) is 14.4 Å². The molecule has 0 aromatic carbocycles. The summed E-state index contributed by atoms with van der Waals surface area (Å²) < 4.78 is 30.2. The largest absolute Gasteiger partial charge is 0.480 e. The Morgan fingerprint density at radius 1 is 1.40 bits per heavy atom. The molecule has 1 rings (SSSR count). The number of rotatable bonds is 8. The molecule has 0 radical (unpaired) electrons. The van der Waals surface area contributed by atoms with E-state index in [0.29, 0.717) is 12.3 Å². The van der Waals surface area contributed by atoms with Crippen LogP contribution in [0.1, 0.15) is 11.5 Å². The molecule has 1 heterocycles. The fraction of sp³-hybridized carbons (Fsp3) is 0.636. The molecule has 0 bridgehead atoms. The van der Waals surface area contributed by atoms with E-state index in [2.05, 4.69) is 5.16 Å². The van der Waals surface area contributed by atoms with E-state index in [1.165, 1.54) is 6.07 Å². The molecule has 0 aliphatic rings. The monoisotopic (exact) mass is 305 g/mol. The van der Waals surface area contributed by atoms with Gasteiger partial charge in [-0.15, -0.1) is 0 Å². The van der Waals surface area contributed by atoms with Crippen LogP contribution in [0.15, 0.2) is 10.6 Å². The summed E-state index contributed by atoms with van der Waals surface area (Å²) in [6.07, 6.45) is 0. The average Bonchev–Trinajstić information content (AvgIpc) is 2.68. The van der Waals surface area contributed by atoms with Crippen molar-refractivity contribution in [1.29, 1.82) is 0 Å². The summed E-state index contributed by atoms with van der Waals surface area (Å²) in [5.74, 6) is -1.05. The van der Waals surface area contributed by atoms with Crippen LogP contribution in [0.2, 0.25) is 0 Å². The van der Waals surface area contributed by atoms with E-state index in [-0.39, 0.29) is 18.0 Å². The second-order valence-corrected chi connectivity index (χ2v) is 6.68. The van der Waals surface area contributed by atoms with Crippen molar-refractivity contribution in [2.24, 2.45) is 0 Å². The second kappa shape index (κ2) is 6.82. The van der Waals surface area contributed by atoms with Gasteiger partial charge in [-0.3, -0.25) is 4.79 Å². The van der Waals surface area contributed by atoms with Crippen molar-refractivity contribution in [2.75, 3.05) is 33.7 Å². The zero-order valence-corrected chi connectivity index (χ0v) is 12.6. The lowest BCUT2D eigenvalue weighted by atomic mass is 10.4. The fourth-order valence-electron chi connectivity index (χ4n) is 1.54. The minimum Gasteiger partial charge on any atom is -0.480 e. The summed E-state index contributed by atoms with van der Waals surface area (Å²) in [6, 6.07) is 1.52. The molecular formula is C11H19N3O5S. The van der Waals surface area contributed by atoms with Gasteiger partial charge in [-0.1, -0.05) is 5.16 Å². The molecule has 1 aromatic rings. The van der Waals surface area contributed by atoms with E-state index < -0.39 is 22.5 Å². The Balaban J connectivity index is 2.83. The maximum Gasteiger partial charge on any atom is 0.318 e. The molecule has 8 nitrogen and oxygen atoms in total. The first-order valence-corrected chi connectivity index (χ1v) is 7.58. The molecule has 1 aromatic heterocycles. The molecule has 9 heteroatoms. The standard InChI is InChI=1S/C11H19N3O5S/c1-9-6-10(12-19-9)8-20(17,18)14(7-11(15)16)5-4-13(2)3/h6H,4-5,7-8H2,1-3H3,(H,15,16). The van der Waals surface area contributed by atoms with Gasteiger partial charge in [0.25, 0.3) is 0 Å². The van der Waals surface area contributed by atoms with Crippen molar-refractivity contribution in [3.05, 3.63) is 17.5 Å². The van der Waals surface area contributed by atoms with E-state index >= 15 is 0 Å². The van der Waals surface area contributed by atoms with Gasteiger partial charge in [0.2, 0.25) is 10.0 Å². The molecule has 0 fully saturated rings. The highest BCUT2D eigenvalue weighted by Gasteiger charge is 2.26. The van der Waals surface area contributed by atoms with Gasteiger partial charge in [-0.25, -0.2) is 8.42 Å². The molecule has 114 valence electrons. The van der Waals surface area contributed by atoms with Crippen LogP contribution in [0.5, 0.6) is 0 Å². The molecular weight excluding hydrogens is 286 g/mol. The Morgan fingerprint density at radius 3 is 2.50 bits per heavy atom. The number of likely N-dealkylation sites (N-methyl/N-ethyl adjacent to an activating group) is 1. The molecule has 0 saturated carbocycles. The van der Waals surface area contributed by atoms with E-state index in [0.717, 1.165) is 4.31 Å². The van der Waals surface area contributed by atoms with E-state index in [1.807, 2.05) is 0 Å². The lowest BCUT2D eigenvalue weighted by Gasteiger charge is -2.21. The van der Waals surface area contributed by atoms with Crippen LogP contribution in [0, 0.1) is 6.92 Å². The van der Waals surface area contributed by atoms with E-state index in [1.54, 1.807) is 25.9 Å². The number of sulfonamides is 1. The number of aromatic nitrogens is 1. The van der Waals surface area contributed by atoms with Gasteiger partial charge in [0.1, 0.15) is 23.8 Å². The Labute approximate surface area is 118 Å². The number of carboxylic acid groups (broad SMARTS) is 1. The number of hydrogen-bond donors (Lipinski definition) is 1. The van der Waals surface area contributed by atoms with E-state index in [4.69, 9.17) is 9.63 Å². The summed E-state index contributed by atoms with van der Waals surface area (Å²) in [7, 11) is -0.181. The number of aliphatic carboxylic acids is 1. The van der Waals surface area contributed by atoms with Crippen molar-refractivity contribution in [3.8, 4) is 0 Å². The molecule has 0 atom stereocenters. The van der Waals surface area contributed by atoms with Crippen molar-refractivity contribution in [3.63, 3.8) is 0 Å². The molecule has 0 spiro atoms. The number of aryl methyl sites for hydroxylation is 1. The maximum atomic E-state index is 12.2. The van der Waals surface area contributed by atoms with Gasteiger partial charge in [0.15, 0.2) is 0 Å². The minimum absolute atomic E-state index is 0.110. The molecule has 0 aliphatic heterocycles. The van der Waals surface area contributed by atoms with Crippen LogP contribution in [0.4, 0.5) is 0 Å². The topological polar surface area (TPSA) is 104 Å². The summed E-state index contributed by atoms with van der Waals surface area (Å²) in [5.41, 5.74) is 0.266. The highest BCUT2D eigenvalue weighted by Crippen LogP contribution is 2.11. The smallest absolute Gasteiger partial charge is 0.318 e. The lowest BCUT2D eigenvalue weighted by Crippen LogP contribution is -2.40. The minimum atomic E-state index is -3.75. The third-order valence-electron chi connectivity index (χ3n) is 2.51. The predicted molar refractivity (Wildman–Crippen MR) is 71.6 cm³/mol. The molecule has 0 aliphatic carbocycles. The Hall–Kier alpha value is -1.45. The highest BCUT2D eigenvalue weighted by molar-refractivity contribution is 7.88. The summed E-state index contributed by atoms with van der Waals surface area (Å²) in [6.45, 7) is 1.64. The average molecular weight is 305 g/mol. The fourth-order valence-corrected chi connectivity index (χ4v) is 2.90. The van der Waals surface area contributed by atoms with Crippen molar-refractivity contribution >= 4 is 16.0 Å². The lowest BCUT2D eigenvalue weighted by molar-refractivity contribution is -0.137. The van der Waals surface area contributed by atoms with E-state index in [9.17, 15) is 13.2 Å². The summed E-state index contributed by atoms with van der Waals surface area (Å²) in [4.78, 5) is 12.6. The first-order chi connectivity index (χ1) is 9.20. The Morgan fingerprint density at radius 2 is 2.05 bits per heavy atom. The predicted octanol–water partition coefficient (Wildman–Crippen LogP) is -0.239. The molecule has 20 heavy (non-hydrogen) atoms. The highest BCUT2D eigenvalue weighted by atomic mass is 32.2. The van der Waals surface area contributed by atoms with Gasteiger partial charge in [0.05, 0.1) is 0 Å². The van der Waals surface area contributed by atoms with Crippen molar-refractivity contribution < 1.29 is 22.8 Å². The zero-order chi connectivity index (χ0) is 15.3. The van der Waals surface area contributed by atoms with Crippen LogP contribution < -0.4 is 0 Å². The van der Waals surface area contributed by atoms with Crippen LogP contribution >= 0.6 is 0 Å². The summed E-state index contributed by atoms with van der Waals surface area (Å²) >= 11 is 0. The third kappa shape index (κ3) is 5.27. The number of nitrogens with zero attached hydrogens (tertiary/aromatic N) is 3.